The van der Waals surface area contributed by atoms with E-state index in [0.29, 0.717) is 18.4 Å². The lowest BCUT2D eigenvalue weighted by atomic mass is 9.87. The van der Waals surface area contributed by atoms with Gasteiger partial charge in [-0.1, -0.05) is 37.0 Å². The van der Waals surface area contributed by atoms with E-state index in [1.807, 2.05) is 18.2 Å². The van der Waals surface area contributed by atoms with Gasteiger partial charge in [0.1, 0.15) is 0 Å². The number of hydrogen-bond donors (Lipinski definition) is 1. The highest BCUT2D eigenvalue weighted by molar-refractivity contribution is 6.33. The lowest BCUT2D eigenvalue weighted by Gasteiger charge is -2.21. The molecule has 0 fully saturated rings. The molecule has 0 spiro atoms. The Morgan fingerprint density at radius 3 is 2.53 bits per heavy atom. The van der Waals surface area contributed by atoms with Gasteiger partial charge in [0.2, 0.25) is 0 Å². The summed E-state index contributed by atoms with van der Waals surface area (Å²) in [6.07, 6.45) is 1.00. The summed E-state index contributed by atoms with van der Waals surface area (Å²) in [6, 6.07) is 5.61. The summed E-state index contributed by atoms with van der Waals surface area (Å²) < 4.78 is 0. The van der Waals surface area contributed by atoms with Crippen molar-refractivity contribution in [3.8, 4) is 0 Å². The van der Waals surface area contributed by atoms with Crippen LogP contribution in [0.15, 0.2) is 18.2 Å². The zero-order valence-corrected chi connectivity index (χ0v) is 10.6. The van der Waals surface area contributed by atoms with Gasteiger partial charge in [-0.2, -0.15) is 0 Å². The molecule has 2 N–H and O–H groups in total. The lowest BCUT2D eigenvalue weighted by molar-refractivity contribution is 0.459. The van der Waals surface area contributed by atoms with Gasteiger partial charge in [-0.15, -0.1) is 0 Å². The molecule has 0 aromatic heterocycles. The summed E-state index contributed by atoms with van der Waals surface area (Å²) in [7, 11) is 0. The van der Waals surface area contributed by atoms with Gasteiger partial charge in [0.05, 0.1) is 0 Å². The summed E-state index contributed by atoms with van der Waals surface area (Å²) in [6.45, 7) is 5.07. The quantitative estimate of drug-likeness (QED) is 0.850. The molecule has 1 aromatic carbocycles. The molecule has 0 saturated heterocycles. The average Bonchev–Trinajstić information content (AvgIpc) is 2.21. The van der Waals surface area contributed by atoms with E-state index in [0.717, 1.165) is 22.0 Å². The highest BCUT2D eigenvalue weighted by Gasteiger charge is 2.16. The van der Waals surface area contributed by atoms with E-state index < -0.39 is 0 Å². The van der Waals surface area contributed by atoms with E-state index in [9.17, 15) is 0 Å². The fourth-order valence-corrected chi connectivity index (χ4v) is 2.15. The van der Waals surface area contributed by atoms with Crippen molar-refractivity contribution in [2.45, 2.75) is 26.2 Å². The summed E-state index contributed by atoms with van der Waals surface area (Å²) in [5, 5.41) is 1.52. The Morgan fingerprint density at radius 2 is 1.93 bits per heavy atom. The van der Waals surface area contributed by atoms with Gasteiger partial charge >= 0.3 is 0 Å². The van der Waals surface area contributed by atoms with Crippen LogP contribution in [0.4, 0.5) is 0 Å². The Bertz CT molecular complexity index is 325. The van der Waals surface area contributed by atoms with Crippen molar-refractivity contribution >= 4 is 23.2 Å². The Balaban J connectivity index is 2.89. The van der Waals surface area contributed by atoms with Crippen molar-refractivity contribution in [1.82, 2.24) is 0 Å². The molecule has 0 saturated carbocycles. The topological polar surface area (TPSA) is 26.0 Å². The van der Waals surface area contributed by atoms with Crippen LogP contribution in [0.25, 0.3) is 0 Å². The normalized spacial score (nSPS) is 15.0. The van der Waals surface area contributed by atoms with Gasteiger partial charge in [0.15, 0.2) is 0 Å². The minimum atomic E-state index is 0.389. The van der Waals surface area contributed by atoms with E-state index in [1.54, 1.807) is 0 Å². The molecule has 15 heavy (non-hydrogen) atoms. The Kier molecular flexibility index (Phi) is 4.91. The van der Waals surface area contributed by atoms with Crippen LogP contribution in [-0.4, -0.2) is 6.54 Å². The summed E-state index contributed by atoms with van der Waals surface area (Å²) in [4.78, 5) is 0. The van der Waals surface area contributed by atoms with Crippen LogP contribution in [0, 0.1) is 5.92 Å². The highest BCUT2D eigenvalue weighted by Crippen LogP contribution is 2.33. The van der Waals surface area contributed by atoms with E-state index >= 15 is 0 Å². The fraction of sp³-hybridized carbons (Fsp3) is 0.500. The van der Waals surface area contributed by atoms with Crippen molar-refractivity contribution in [3.05, 3.63) is 33.8 Å². The second-order valence-electron chi connectivity index (χ2n) is 4.01. The minimum absolute atomic E-state index is 0.389. The highest BCUT2D eigenvalue weighted by atomic mass is 35.5. The van der Waals surface area contributed by atoms with Crippen molar-refractivity contribution in [2.24, 2.45) is 11.7 Å². The monoisotopic (exact) mass is 245 g/mol. The number of halogens is 2. The maximum absolute atomic E-state index is 6.15. The maximum atomic E-state index is 6.15. The molecule has 2 atom stereocenters. The van der Waals surface area contributed by atoms with Crippen LogP contribution >= 0.6 is 23.2 Å². The summed E-state index contributed by atoms with van der Waals surface area (Å²) in [5.74, 6) is 0.908. The Labute approximate surface area is 102 Å². The molecule has 0 aliphatic rings. The Hall–Kier alpha value is -0.240. The SMILES string of the molecule is CC(CCN)C(C)c1cc(Cl)ccc1Cl. The van der Waals surface area contributed by atoms with E-state index in [4.69, 9.17) is 28.9 Å². The number of hydrogen-bond acceptors (Lipinski definition) is 1. The van der Waals surface area contributed by atoms with E-state index in [2.05, 4.69) is 13.8 Å². The molecule has 0 bridgehead atoms. The first-order valence-electron chi connectivity index (χ1n) is 5.21. The maximum Gasteiger partial charge on any atom is 0.0441 e. The van der Waals surface area contributed by atoms with Crippen LogP contribution < -0.4 is 5.73 Å². The number of rotatable bonds is 4. The third-order valence-electron chi connectivity index (χ3n) is 2.92. The lowest BCUT2D eigenvalue weighted by Crippen LogP contribution is -2.12. The Morgan fingerprint density at radius 1 is 1.27 bits per heavy atom. The van der Waals surface area contributed by atoms with E-state index in [-0.39, 0.29) is 0 Å². The molecule has 3 heteroatoms. The van der Waals surface area contributed by atoms with Gasteiger partial charge in [-0.3, -0.25) is 0 Å². The standard InChI is InChI=1S/C12H17Cl2N/c1-8(5-6-15)9(2)11-7-10(13)3-4-12(11)14/h3-4,7-9H,5-6,15H2,1-2H3. The summed E-state index contributed by atoms with van der Waals surface area (Å²) in [5.41, 5.74) is 6.67. The van der Waals surface area contributed by atoms with Gasteiger partial charge in [0, 0.05) is 10.0 Å². The van der Waals surface area contributed by atoms with Gasteiger partial charge in [-0.25, -0.2) is 0 Å². The summed E-state index contributed by atoms with van der Waals surface area (Å²) >= 11 is 12.1. The average molecular weight is 246 g/mol. The van der Waals surface area contributed by atoms with Crippen LogP contribution in [0.3, 0.4) is 0 Å². The molecule has 0 aliphatic heterocycles. The molecule has 2 unspecified atom stereocenters. The van der Waals surface area contributed by atoms with Crippen molar-refractivity contribution in [1.29, 1.82) is 0 Å². The van der Waals surface area contributed by atoms with Crippen LogP contribution in [0.2, 0.25) is 10.0 Å². The van der Waals surface area contributed by atoms with Crippen molar-refractivity contribution < 1.29 is 0 Å². The second kappa shape index (κ2) is 5.74. The van der Waals surface area contributed by atoms with Crippen molar-refractivity contribution in [2.75, 3.05) is 6.54 Å². The molecule has 0 heterocycles. The van der Waals surface area contributed by atoms with Gasteiger partial charge in [0.25, 0.3) is 0 Å². The van der Waals surface area contributed by atoms with Crippen LogP contribution in [0.1, 0.15) is 31.7 Å². The number of nitrogens with two attached hydrogens (primary N) is 1. The van der Waals surface area contributed by atoms with Crippen LogP contribution in [-0.2, 0) is 0 Å². The molecule has 1 nitrogen and oxygen atoms in total. The fourth-order valence-electron chi connectivity index (χ4n) is 1.68. The van der Waals surface area contributed by atoms with Gasteiger partial charge in [-0.05, 0) is 48.6 Å². The first kappa shape index (κ1) is 12.8. The molecule has 0 amide bonds. The largest absolute Gasteiger partial charge is 0.330 e. The first-order chi connectivity index (χ1) is 7.06. The molecule has 0 aliphatic carbocycles. The molecular weight excluding hydrogens is 229 g/mol. The molecule has 1 rings (SSSR count). The second-order valence-corrected chi connectivity index (χ2v) is 4.85. The molecule has 0 radical (unpaired) electrons. The van der Waals surface area contributed by atoms with Crippen molar-refractivity contribution in [3.63, 3.8) is 0 Å². The number of benzene rings is 1. The van der Waals surface area contributed by atoms with Gasteiger partial charge < -0.3 is 5.73 Å². The molecule has 84 valence electrons. The zero-order valence-electron chi connectivity index (χ0n) is 9.13. The molecule has 1 aromatic rings. The van der Waals surface area contributed by atoms with E-state index in [1.165, 1.54) is 0 Å². The van der Waals surface area contributed by atoms with Crippen LogP contribution in [0.5, 0.6) is 0 Å². The smallest absolute Gasteiger partial charge is 0.0441 e. The first-order valence-corrected chi connectivity index (χ1v) is 5.97. The third kappa shape index (κ3) is 3.37. The molecular formula is C12H17Cl2N. The third-order valence-corrected chi connectivity index (χ3v) is 3.50. The predicted molar refractivity (Wildman–Crippen MR) is 67.7 cm³/mol. The predicted octanol–water partition coefficient (Wildman–Crippen LogP) is 4.08. The zero-order chi connectivity index (χ0) is 11.4. The minimum Gasteiger partial charge on any atom is -0.330 e.